The van der Waals surface area contributed by atoms with Crippen LogP contribution in [-0.4, -0.2) is 67.6 Å². The van der Waals surface area contributed by atoms with Crippen LogP contribution in [0.2, 0.25) is 0 Å². The van der Waals surface area contributed by atoms with E-state index in [1.165, 1.54) is 5.56 Å². The summed E-state index contributed by atoms with van der Waals surface area (Å²) in [6.07, 6.45) is 1.21. The van der Waals surface area contributed by atoms with Gasteiger partial charge in [0.25, 0.3) is 11.8 Å². The highest BCUT2D eigenvalue weighted by molar-refractivity contribution is 5.95. The van der Waals surface area contributed by atoms with Crippen molar-refractivity contribution in [3.8, 4) is 0 Å². The van der Waals surface area contributed by atoms with Crippen LogP contribution < -0.4 is 15.7 Å². The number of ether oxygens (including phenoxy) is 2. The number of amides is 2. The quantitative estimate of drug-likeness (QED) is 0.359. The molecule has 3 N–H and O–H groups in total. The molecule has 36 heavy (non-hydrogen) atoms. The summed E-state index contributed by atoms with van der Waals surface area (Å²) in [7, 11) is 0. The molecule has 5 rings (SSSR count). The van der Waals surface area contributed by atoms with Crippen molar-refractivity contribution in [3.63, 3.8) is 0 Å². The SMILES string of the molecule is O=C(N[C@@H]1CCOC[C@@H]1C(=O)NO)c1ccc(Cc2cc(N3CCOCC3)nc3ccccc23)cc1. The number of carbonyl (C=O) groups is 2. The van der Waals surface area contributed by atoms with Crippen LogP contribution in [0.1, 0.15) is 27.9 Å². The molecule has 2 aliphatic heterocycles. The third-order valence-electron chi connectivity index (χ3n) is 6.85. The first-order chi connectivity index (χ1) is 17.6. The van der Waals surface area contributed by atoms with E-state index in [2.05, 4.69) is 22.3 Å². The highest BCUT2D eigenvalue weighted by atomic mass is 16.5. The molecule has 3 heterocycles. The minimum Gasteiger partial charge on any atom is -0.380 e. The molecule has 2 fully saturated rings. The molecule has 0 unspecified atom stereocenters. The van der Waals surface area contributed by atoms with E-state index in [9.17, 15) is 9.59 Å². The van der Waals surface area contributed by atoms with Gasteiger partial charge in [-0.3, -0.25) is 14.8 Å². The Hall–Kier alpha value is -3.53. The van der Waals surface area contributed by atoms with E-state index in [4.69, 9.17) is 19.7 Å². The Morgan fingerprint density at radius 1 is 1.03 bits per heavy atom. The molecule has 2 aromatic carbocycles. The lowest BCUT2D eigenvalue weighted by Gasteiger charge is -2.30. The lowest BCUT2D eigenvalue weighted by Crippen LogP contribution is -2.51. The zero-order valence-corrected chi connectivity index (χ0v) is 20.0. The number of benzene rings is 2. The fraction of sp³-hybridized carbons (Fsp3) is 0.370. The van der Waals surface area contributed by atoms with Crippen LogP contribution in [0.25, 0.3) is 10.9 Å². The second-order valence-corrected chi connectivity index (χ2v) is 9.16. The number of carbonyl (C=O) groups excluding carboxylic acids is 2. The second kappa shape index (κ2) is 11.0. The number of nitrogens with zero attached hydrogens (tertiary/aromatic N) is 2. The van der Waals surface area contributed by atoms with Gasteiger partial charge in [0.15, 0.2) is 0 Å². The van der Waals surface area contributed by atoms with E-state index in [1.807, 2.05) is 30.3 Å². The zero-order valence-electron chi connectivity index (χ0n) is 20.0. The summed E-state index contributed by atoms with van der Waals surface area (Å²) in [5.41, 5.74) is 5.40. The number of nitrogens with one attached hydrogen (secondary N) is 2. The maximum absolute atomic E-state index is 12.9. The van der Waals surface area contributed by atoms with Crippen molar-refractivity contribution in [1.82, 2.24) is 15.8 Å². The molecule has 0 spiro atoms. The molecule has 0 bridgehead atoms. The number of para-hydroxylation sites is 1. The molecular weight excluding hydrogens is 460 g/mol. The van der Waals surface area contributed by atoms with Gasteiger partial charge in [0, 0.05) is 36.7 Å². The maximum atomic E-state index is 12.9. The fourth-order valence-corrected chi connectivity index (χ4v) is 4.83. The van der Waals surface area contributed by atoms with Gasteiger partial charge in [0.05, 0.1) is 31.3 Å². The number of fused-ring (bicyclic) bond motifs is 1. The number of hydrogen-bond donors (Lipinski definition) is 3. The van der Waals surface area contributed by atoms with Crippen molar-refractivity contribution in [2.45, 2.75) is 18.9 Å². The van der Waals surface area contributed by atoms with Crippen molar-refractivity contribution in [2.75, 3.05) is 44.4 Å². The van der Waals surface area contributed by atoms with Gasteiger partial charge in [-0.25, -0.2) is 10.5 Å². The normalized spacial score (nSPS) is 20.2. The summed E-state index contributed by atoms with van der Waals surface area (Å²) >= 11 is 0. The molecule has 9 heteroatoms. The Morgan fingerprint density at radius 3 is 2.58 bits per heavy atom. The van der Waals surface area contributed by atoms with Gasteiger partial charge in [0.1, 0.15) is 5.82 Å². The molecule has 188 valence electrons. The van der Waals surface area contributed by atoms with Crippen molar-refractivity contribution >= 4 is 28.5 Å². The van der Waals surface area contributed by atoms with Crippen LogP contribution in [0.15, 0.2) is 54.6 Å². The van der Waals surface area contributed by atoms with Crippen molar-refractivity contribution in [3.05, 3.63) is 71.3 Å². The molecule has 0 aliphatic carbocycles. The van der Waals surface area contributed by atoms with Gasteiger partial charge >= 0.3 is 0 Å². The highest BCUT2D eigenvalue weighted by Crippen LogP contribution is 2.26. The molecular formula is C27H30N4O5. The molecule has 3 aromatic rings. The minimum atomic E-state index is -0.632. The summed E-state index contributed by atoms with van der Waals surface area (Å²) in [5, 5.41) is 13.0. The third-order valence-corrected chi connectivity index (χ3v) is 6.85. The van der Waals surface area contributed by atoms with E-state index >= 15 is 0 Å². The summed E-state index contributed by atoms with van der Waals surface area (Å²) < 4.78 is 10.8. The predicted octanol–water partition coefficient (Wildman–Crippen LogP) is 2.30. The molecule has 9 nitrogen and oxygen atoms in total. The zero-order chi connectivity index (χ0) is 24.9. The summed E-state index contributed by atoms with van der Waals surface area (Å²) in [5.74, 6) is -0.488. The summed E-state index contributed by atoms with van der Waals surface area (Å²) in [6, 6.07) is 17.4. The molecule has 0 saturated carbocycles. The number of anilines is 1. The smallest absolute Gasteiger partial charge is 0.251 e. The first kappa shape index (κ1) is 24.2. The van der Waals surface area contributed by atoms with E-state index in [0.717, 1.165) is 35.4 Å². The van der Waals surface area contributed by atoms with Gasteiger partial charge in [0.2, 0.25) is 0 Å². The van der Waals surface area contributed by atoms with Gasteiger partial charge in [-0.05, 0) is 48.2 Å². The van der Waals surface area contributed by atoms with E-state index < -0.39 is 17.9 Å². The highest BCUT2D eigenvalue weighted by Gasteiger charge is 2.33. The lowest BCUT2D eigenvalue weighted by molar-refractivity contribution is -0.138. The minimum absolute atomic E-state index is 0.155. The van der Waals surface area contributed by atoms with Crippen molar-refractivity contribution in [2.24, 2.45) is 5.92 Å². The van der Waals surface area contributed by atoms with Crippen LogP contribution in [0.4, 0.5) is 5.82 Å². The third kappa shape index (κ3) is 5.33. The molecule has 0 radical (unpaired) electrons. The molecule has 2 aliphatic rings. The molecule has 2 amide bonds. The Labute approximate surface area is 209 Å². The predicted molar refractivity (Wildman–Crippen MR) is 134 cm³/mol. The number of aromatic nitrogens is 1. The molecule has 1 aromatic heterocycles. The summed E-state index contributed by atoms with van der Waals surface area (Å²) in [4.78, 5) is 31.9. The number of pyridine rings is 1. The average Bonchev–Trinajstić information content (AvgIpc) is 2.93. The maximum Gasteiger partial charge on any atom is 0.251 e. The van der Waals surface area contributed by atoms with Crippen LogP contribution >= 0.6 is 0 Å². The average molecular weight is 491 g/mol. The van der Waals surface area contributed by atoms with Gasteiger partial charge in [-0.2, -0.15) is 0 Å². The lowest BCUT2D eigenvalue weighted by atomic mass is 9.94. The Balaban J connectivity index is 1.32. The Bertz CT molecular complexity index is 1230. The largest absolute Gasteiger partial charge is 0.380 e. The van der Waals surface area contributed by atoms with Gasteiger partial charge in [-0.15, -0.1) is 0 Å². The fourth-order valence-electron chi connectivity index (χ4n) is 4.83. The van der Waals surface area contributed by atoms with Gasteiger partial charge in [-0.1, -0.05) is 30.3 Å². The van der Waals surface area contributed by atoms with Crippen molar-refractivity contribution in [1.29, 1.82) is 0 Å². The number of rotatable bonds is 6. The standard InChI is InChI=1S/C27H30N4O5/c32-26(29-24-9-12-36-17-22(24)27(33)30-34)19-7-5-18(6-8-19)15-20-16-25(31-10-13-35-14-11-31)28-23-4-2-1-3-21(20)23/h1-8,16,22,24,34H,9-15,17H2,(H,29,32)(H,30,33)/t22-,24+/m0/s1. The summed E-state index contributed by atoms with van der Waals surface area (Å²) in [6.45, 7) is 3.65. The number of hydroxylamine groups is 1. The van der Waals surface area contributed by atoms with Crippen molar-refractivity contribution < 1.29 is 24.3 Å². The second-order valence-electron chi connectivity index (χ2n) is 9.16. The first-order valence-corrected chi connectivity index (χ1v) is 12.3. The Kier molecular flexibility index (Phi) is 7.41. The van der Waals surface area contributed by atoms with Gasteiger partial charge < -0.3 is 19.7 Å². The van der Waals surface area contributed by atoms with Crippen LogP contribution in [-0.2, 0) is 20.7 Å². The first-order valence-electron chi connectivity index (χ1n) is 12.3. The monoisotopic (exact) mass is 490 g/mol. The number of morpholine rings is 1. The topological polar surface area (TPSA) is 113 Å². The van der Waals surface area contributed by atoms with E-state index in [-0.39, 0.29) is 12.5 Å². The van der Waals surface area contributed by atoms with Crippen LogP contribution in [0.5, 0.6) is 0 Å². The molecule has 2 atom stereocenters. The van der Waals surface area contributed by atoms with Crippen LogP contribution in [0, 0.1) is 5.92 Å². The van der Waals surface area contributed by atoms with E-state index in [1.54, 1.807) is 17.6 Å². The van der Waals surface area contributed by atoms with Crippen LogP contribution in [0.3, 0.4) is 0 Å². The number of hydrogen-bond acceptors (Lipinski definition) is 7. The van der Waals surface area contributed by atoms with E-state index in [0.29, 0.717) is 38.2 Å². The Morgan fingerprint density at radius 2 is 1.81 bits per heavy atom. The molecule has 2 saturated heterocycles.